The van der Waals surface area contributed by atoms with Gasteiger partial charge in [0.25, 0.3) is 0 Å². The highest BCUT2D eigenvalue weighted by Crippen LogP contribution is 2.11. The second-order valence-electron chi connectivity index (χ2n) is 6.33. The molecule has 0 unspecified atom stereocenters. The molecule has 0 N–H and O–H groups in total. The molecule has 0 aromatic carbocycles. The number of alkyl halides is 1. The Morgan fingerprint density at radius 1 is 0.524 bits per heavy atom. The Morgan fingerprint density at radius 3 is 1.33 bits per heavy atom. The molecule has 0 bridgehead atoms. The van der Waals surface area contributed by atoms with Crippen LogP contribution in [0.2, 0.25) is 0 Å². The molecule has 126 valence electrons. The minimum atomic E-state index is 0.838. The van der Waals surface area contributed by atoms with E-state index in [1.54, 1.807) is 0 Å². The van der Waals surface area contributed by atoms with Gasteiger partial charge in [-0.3, -0.25) is 0 Å². The Kier molecular flexibility index (Phi) is 20.1. The van der Waals surface area contributed by atoms with E-state index in [4.69, 9.17) is 11.6 Å². The maximum atomic E-state index is 5.67. The van der Waals surface area contributed by atoms with Gasteiger partial charge in [-0.1, -0.05) is 89.7 Å². The van der Waals surface area contributed by atoms with Crippen LogP contribution in [0.3, 0.4) is 0 Å². The molecule has 0 aliphatic rings. The molecular weight excluding hydrogens is 276 g/mol. The third-order valence-corrected chi connectivity index (χ3v) is 4.41. The molecule has 0 atom stereocenters. The number of hydrogen-bond donors (Lipinski definition) is 0. The van der Waals surface area contributed by atoms with E-state index in [-0.39, 0.29) is 0 Å². The van der Waals surface area contributed by atoms with Gasteiger partial charge in [-0.2, -0.15) is 0 Å². The third-order valence-electron chi connectivity index (χ3n) is 4.15. The fraction of sp³-hybridized carbons (Fsp3) is 0.900. The van der Waals surface area contributed by atoms with E-state index in [0.717, 1.165) is 5.88 Å². The van der Waals surface area contributed by atoms with Crippen molar-refractivity contribution >= 4 is 11.6 Å². The van der Waals surface area contributed by atoms with Crippen molar-refractivity contribution in [2.45, 2.75) is 110 Å². The van der Waals surface area contributed by atoms with Crippen LogP contribution >= 0.6 is 11.6 Å². The molecule has 0 aliphatic carbocycles. The first-order chi connectivity index (χ1) is 10.4. The summed E-state index contributed by atoms with van der Waals surface area (Å²) < 4.78 is 0. The van der Waals surface area contributed by atoms with Gasteiger partial charge >= 0.3 is 0 Å². The Balaban J connectivity index is 3.02. The molecule has 0 rings (SSSR count). The number of allylic oxidation sites excluding steroid dienone is 2. The summed E-state index contributed by atoms with van der Waals surface area (Å²) in [7, 11) is 0. The molecule has 0 saturated carbocycles. The summed E-state index contributed by atoms with van der Waals surface area (Å²) in [6.45, 7) is 2.28. The van der Waals surface area contributed by atoms with E-state index >= 15 is 0 Å². The van der Waals surface area contributed by atoms with Crippen molar-refractivity contribution in [3.63, 3.8) is 0 Å². The van der Waals surface area contributed by atoms with Crippen molar-refractivity contribution in [2.75, 3.05) is 5.88 Å². The Hall–Kier alpha value is 0.0300. The topological polar surface area (TPSA) is 0 Å². The van der Waals surface area contributed by atoms with Gasteiger partial charge in [0.15, 0.2) is 0 Å². The molecule has 0 radical (unpaired) electrons. The largest absolute Gasteiger partial charge is 0.127 e. The van der Waals surface area contributed by atoms with Crippen LogP contribution in [0.1, 0.15) is 110 Å². The Bertz CT molecular complexity index is 198. The first-order valence-electron chi connectivity index (χ1n) is 9.62. The lowest BCUT2D eigenvalue weighted by Crippen LogP contribution is -1.81. The molecule has 21 heavy (non-hydrogen) atoms. The van der Waals surface area contributed by atoms with Crippen LogP contribution in [-0.4, -0.2) is 5.88 Å². The lowest BCUT2D eigenvalue weighted by molar-refractivity contribution is 0.578. The normalized spacial score (nSPS) is 11.5. The highest BCUT2D eigenvalue weighted by Gasteiger charge is 1.91. The van der Waals surface area contributed by atoms with E-state index in [9.17, 15) is 0 Å². The van der Waals surface area contributed by atoms with Gasteiger partial charge in [-0.15, -0.1) is 11.6 Å². The number of halogens is 1. The Labute approximate surface area is 139 Å². The van der Waals surface area contributed by atoms with E-state index in [2.05, 4.69) is 19.1 Å². The average Bonchev–Trinajstić information content (AvgIpc) is 2.50. The molecule has 0 fully saturated rings. The van der Waals surface area contributed by atoms with Gasteiger partial charge in [0.1, 0.15) is 0 Å². The van der Waals surface area contributed by atoms with Crippen molar-refractivity contribution in [1.29, 1.82) is 0 Å². The molecule has 0 saturated heterocycles. The summed E-state index contributed by atoms with van der Waals surface area (Å²) in [5.74, 6) is 0.838. The molecular formula is C20H39Cl. The minimum Gasteiger partial charge on any atom is -0.127 e. The van der Waals surface area contributed by atoms with Gasteiger partial charge < -0.3 is 0 Å². The van der Waals surface area contributed by atoms with Crippen molar-refractivity contribution in [2.24, 2.45) is 0 Å². The monoisotopic (exact) mass is 314 g/mol. The summed E-state index contributed by atoms with van der Waals surface area (Å²) >= 11 is 5.67. The molecule has 0 nitrogen and oxygen atoms in total. The summed E-state index contributed by atoms with van der Waals surface area (Å²) in [6.07, 6.45) is 26.8. The number of hydrogen-bond acceptors (Lipinski definition) is 0. The average molecular weight is 315 g/mol. The van der Waals surface area contributed by atoms with Crippen molar-refractivity contribution in [1.82, 2.24) is 0 Å². The quantitative estimate of drug-likeness (QED) is 0.145. The summed E-state index contributed by atoms with van der Waals surface area (Å²) in [4.78, 5) is 0. The molecule has 0 aromatic rings. The number of unbranched alkanes of at least 4 members (excludes halogenated alkanes) is 14. The summed E-state index contributed by atoms with van der Waals surface area (Å²) in [5.41, 5.74) is 0. The standard InChI is InChI=1S/C20H39Cl/c1-2-3-4-5-6-7-8-9-10-11-12-13-14-15-16-17-18-19-20-21/h9-10H,2-8,11-20H2,1H3. The smallest absolute Gasteiger partial charge is 0.0223 e. The van der Waals surface area contributed by atoms with Crippen molar-refractivity contribution < 1.29 is 0 Å². The third kappa shape index (κ3) is 20.0. The predicted molar refractivity (Wildman–Crippen MR) is 99.4 cm³/mol. The SMILES string of the molecule is CCCCCCCCC=CCCCCCCCCCCCl. The molecule has 0 aromatic heterocycles. The van der Waals surface area contributed by atoms with Gasteiger partial charge in [0.05, 0.1) is 0 Å². The lowest BCUT2D eigenvalue weighted by Gasteiger charge is -2.00. The van der Waals surface area contributed by atoms with Crippen LogP contribution in [0.5, 0.6) is 0 Å². The highest BCUT2D eigenvalue weighted by molar-refractivity contribution is 6.17. The van der Waals surface area contributed by atoms with Crippen LogP contribution in [0.25, 0.3) is 0 Å². The minimum absolute atomic E-state index is 0.838. The molecule has 0 heterocycles. The molecule has 0 spiro atoms. The zero-order valence-corrected chi connectivity index (χ0v) is 15.3. The van der Waals surface area contributed by atoms with Gasteiger partial charge in [0.2, 0.25) is 0 Å². The van der Waals surface area contributed by atoms with E-state index < -0.39 is 0 Å². The second-order valence-corrected chi connectivity index (χ2v) is 6.71. The van der Waals surface area contributed by atoms with Crippen LogP contribution in [0, 0.1) is 0 Å². The fourth-order valence-corrected chi connectivity index (χ4v) is 2.88. The van der Waals surface area contributed by atoms with E-state index in [1.807, 2.05) is 0 Å². The maximum absolute atomic E-state index is 5.67. The fourth-order valence-electron chi connectivity index (χ4n) is 2.70. The van der Waals surface area contributed by atoms with Gasteiger partial charge in [-0.25, -0.2) is 0 Å². The summed E-state index contributed by atoms with van der Waals surface area (Å²) in [6, 6.07) is 0. The van der Waals surface area contributed by atoms with Gasteiger partial charge in [-0.05, 0) is 32.1 Å². The van der Waals surface area contributed by atoms with Crippen molar-refractivity contribution in [3.05, 3.63) is 12.2 Å². The zero-order chi connectivity index (χ0) is 15.4. The van der Waals surface area contributed by atoms with Crippen molar-refractivity contribution in [3.8, 4) is 0 Å². The predicted octanol–water partition coefficient (Wildman–Crippen LogP) is 8.04. The van der Waals surface area contributed by atoms with Crippen LogP contribution in [0.4, 0.5) is 0 Å². The highest BCUT2D eigenvalue weighted by atomic mass is 35.5. The van der Waals surface area contributed by atoms with E-state index in [0.29, 0.717) is 0 Å². The Morgan fingerprint density at radius 2 is 0.905 bits per heavy atom. The number of rotatable bonds is 17. The molecule has 0 aliphatic heterocycles. The van der Waals surface area contributed by atoms with Crippen LogP contribution in [0.15, 0.2) is 12.2 Å². The second kappa shape index (κ2) is 20.0. The van der Waals surface area contributed by atoms with Crippen LogP contribution in [-0.2, 0) is 0 Å². The lowest BCUT2D eigenvalue weighted by atomic mass is 10.1. The summed E-state index contributed by atoms with van der Waals surface area (Å²) in [5, 5.41) is 0. The van der Waals surface area contributed by atoms with Crippen LogP contribution < -0.4 is 0 Å². The first kappa shape index (κ1) is 21.0. The van der Waals surface area contributed by atoms with Gasteiger partial charge in [0, 0.05) is 5.88 Å². The molecule has 1 heteroatoms. The zero-order valence-electron chi connectivity index (χ0n) is 14.6. The molecule has 0 amide bonds. The first-order valence-corrected chi connectivity index (χ1v) is 10.2. The maximum Gasteiger partial charge on any atom is 0.0223 e. The van der Waals surface area contributed by atoms with E-state index in [1.165, 1.54) is 103 Å².